The molecule has 0 bridgehead atoms. The first-order chi connectivity index (χ1) is 10.3. The zero-order valence-corrected chi connectivity index (χ0v) is 12.2. The summed E-state index contributed by atoms with van der Waals surface area (Å²) in [4.78, 5) is 0. The van der Waals surface area contributed by atoms with E-state index in [1.807, 2.05) is 18.2 Å². The van der Waals surface area contributed by atoms with E-state index >= 15 is 0 Å². The number of hydrogen-bond donors (Lipinski definition) is 1. The number of para-hydroxylation sites is 1. The van der Waals surface area contributed by atoms with E-state index in [4.69, 9.17) is 0 Å². The molecule has 3 aromatic carbocycles. The first-order valence-corrected chi connectivity index (χ1v) is 7.30. The molecule has 1 atom stereocenters. The molecule has 0 aliphatic carbocycles. The molecule has 0 aliphatic rings. The van der Waals surface area contributed by atoms with Gasteiger partial charge in [-0.3, -0.25) is 0 Å². The fourth-order valence-corrected chi connectivity index (χ4v) is 2.48. The maximum absolute atomic E-state index is 3.41. The Morgan fingerprint density at radius 1 is 0.571 bits per heavy atom. The molecule has 0 amide bonds. The quantitative estimate of drug-likeness (QED) is 0.654. The molecule has 0 saturated carbocycles. The van der Waals surface area contributed by atoms with Gasteiger partial charge in [0.2, 0.25) is 0 Å². The molecule has 1 heteroatoms. The Morgan fingerprint density at radius 3 is 1.67 bits per heavy atom. The van der Waals surface area contributed by atoms with Crippen LogP contribution in [0.4, 0.5) is 11.4 Å². The van der Waals surface area contributed by atoms with Gasteiger partial charge in [0.1, 0.15) is 0 Å². The highest BCUT2D eigenvalue weighted by molar-refractivity contribution is 5.59. The van der Waals surface area contributed by atoms with Gasteiger partial charge < -0.3 is 5.32 Å². The third-order valence-electron chi connectivity index (χ3n) is 3.77. The third kappa shape index (κ3) is 3.32. The van der Waals surface area contributed by atoms with Crippen molar-refractivity contribution in [2.24, 2.45) is 0 Å². The van der Waals surface area contributed by atoms with Gasteiger partial charge in [0.15, 0.2) is 0 Å². The van der Waals surface area contributed by atoms with E-state index in [9.17, 15) is 0 Å². The Hall–Kier alpha value is -2.54. The lowest BCUT2D eigenvalue weighted by molar-refractivity contribution is 0.923. The standard InChI is InChI=1S/C20H19N/c1-16(17-8-4-2-5-9-17)18-12-14-20(15-13-18)21-19-10-6-3-7-11-19/h2-16,21H,1H3. The average Bonchev–Trinajstić information content (AvgIpc) is 2.57. The van der Waals surface area contributed by atoms with Crippen LogP contribution in [0.1, 0.15) is 24.0 Å². The van der Waals surface area contributed by atoms with Crippen molar-refractivity contribution in [3.8, 4) is 0 Å². The molecule has 1 unspecified atom stereocenters. The van der Waals surface area contributed by atoms with Crippen LogP contribution in [0.5, 0.6) is 0 Å². The smallest absolute Gasteiger partial charge is 0.0384 e. The minimum absolute atomic E-state index is 0.414. The van der Waals surface area contributed by atoms with Crippen molar-refractivity contribution < 1.29 is 0 Å². The Balaban J connectivity index is 1.75. The van der Waals surface area contributed by atoms with Gasteiger partial charge in [-0.15, -0.1) is 0 Å². The fraction of sp³-hybridized carbons (Fsp3) is 0.100. The van der Waals surface area contributed by atoms with Gasteiger partial charge in [0, 0.05) is 17.3 Å². The van der Waals surface area contributed by atoms with Crippen LogP contribution >= 0.6 is 0 Å². The Morgan fingerprint density at radius 2 is 1.05 bits per heavy atom. The predicted molar refractivity (Wildman–Crippen MR) is 90.1 cm³/mol. The van der Waals surface area contributed by atoms with Crippen LogP contribution in [0.15, 0.2) is 84.9 Å². The molecular weight excluding hydrogens is 254 g/mol. The molecule has 21 heavy (non-hydrogen) atoms. The van der Waals surface area contributed by atoms with Gasteiger partial charge in [-0.25, -0.2) is 0 Å². The molecule has 0 saturated heterocycles. The second kappa shape index (κ2) is 6.27. The monoisotopic (exact) mass is 273 g/mol. The summed E-state index contributed by atoms with van der Waals surface area (Å²) in [5.41, 5.74) is 4.91. The van der Waals surface area contributed by atoms with Crippen LogP contribution < -0.4 is 5.32 Å². The van der Waals surface area contributed by atoms with Crippen LogP contribution in [-0.4, -0.2) is 0 Å². The molecule has 104 valence electrons. The van der Waals surface area contributed by atoms with Gasteiger partial charge in [0.25, 0.3) is 0 Å². The normalized spacial score (nSPS) is 11.9. The maximum atomic E-state index is 3.41. The largest absolute Gasteiger partial charge is 0.356 e. The summed E-state index contributed by atoms with van der Waals surface area (Å²) in [7, 11) is 0. The molecule has 0 spiro atoms. The number of anilines is 2. The van der Waals surface area contributed by atoms with Gasteiger partial charge in [-0.2, -0.15) is 0 Å². The Kier molecular flexibility index (Phi) is 4.02. The van der Waals surface area contributed by atoms with E-state index in [2.05, 4.69) is 79.0 Å². The van der Waals surface area contributed by atoms with E-state index in [0.717, 1.165) is 11.4 Å². The van der Waals surface area contributed by atoms with E-state index in [1.165, 1.54) is 11.1 Å². The van der Waals surface area contributed by atoms with Crippen LogP contribution in [0.3, 0.4) is 0 Å². The van der Waals surface area contributed by atoms with Gasteiger partial charge in [-0.1, -0.05) is 67.6 Å². The zero-order chi connectivity index (χ0) is 14.5. The zero-order valence-electron chi connectivity index (χ0n) is 12.2. The van der Waals surface area contributed by atoms with E-state index in [-0.39, 0.29) is 0 Å². The van der Waals surface area contributed by atoms with Crippen LogP contribution in [0.2, 0.25) is 0 Å². The van der Waals surface area contributed by atoms with E-state index < -0.39 is 0 Å². The molecular formula is C20H19N. The van der Waals surface area contributed by atoms with Gasteiger partial charge in [-0.05, 0) is 35.4 Å². The summed E-state index contributed by atoms with van der Waals surface area (Å²) in [6.07, 6.45) is 0. The highest BCUT2D eigenvalue weighted by Crippen LogP contribution is 2.25. The van der Waals surface area contributed by atoms with Crippen LogP contribution in [0, 0.1) is 0 Å². The van der Waals surface area contributed by atoms with E-state index in [0.29, 0.717) is 5.92 Å². The van der Waals surface area contributed by atoms with Crippen LogP contribution in [0.25, 0.3) is 0 Å². The molecule has 3 aromatic rings. The molecule has 1 N–H and O–H groups in total. The van der Waals surface area contributed by atoms with Crippen molar-refractivity contribution in [2.75, 3.05) is 5.32 Å². The number of hydrogen-bond acceptors (Lipinski definition) is 1. The first-order valence-electron chi connectivity index (χ1n) is 7.30. The second-order valence-electron chi connectivity index (χ2n) is 5.25. The second-order valence-corrected chi connectivity index (χ2v) is 5.25. The summed E-state index contributed by atoms with van der Waals surface area (Å²) in [6, 6.07) is 29.5. The maximum Gasteiger partial charge on any atom is 0.0384 e. The minimum atomic E-state index is 0.414. The Labute approximate surface area is 126 Å². The summed E-state index contributed by atoms with van der Waals surface area (Å²) < 4.78 is 0. The molecule has 0 aliphatic heterocycles. The van der Waals surface area contributed by atoms with Crippen molar-refractivity contribution in [1.82, 2.24) is 0 Å². The number of rotatable bonds is 4. The number of nitrogens with one attached hydrogen (secondary N) is 1. The van der Waals surface area contributed by atoms with Gasteiger partial charge >= 0.3 is 0 Å². The van der Waals surface area contributed by atoms with Crippen molar-refractivity contribution in [1.29, 1.82) is 0 Å². The SMILES string of the molecule is CC(c1ccccc1)c1ccc(Nc2ccccc2)cc1. The Bertz CT molecular complexity index is 672. The molecule has 0 heterocycles. The fourth-order valence-electron chi connectivity index (χ4n) is 2.48. The lowest BCUT2D eigenvalue weighted by Gasteiger charge is -2.13. The third-order valence-corrected chi connectivity index (χ3v) is 3.77. The lowest BCUT2D eigenvalue weighted by atomic mass is 9.93. The summed E-state index contributed by atoms with van der Waals surface area (Å²) >= 11 is 0. The van der Waals surface area contributed by atoms with Crippen molar-refractivity contribution in [2.45, 2.75) is 12.8 Å². The summed E-state index contributed by atoms with van der Waals surface area (Å²) in [5.74, 6) is 0.414. The lowest BCUT2D eigenvalue weighted by Crippen LogP contribution is -1.96. The molecule has 0 fully saturated rings. The van der Waals surface area contributed by atoms with Crippen molar-refractivity contribution >= 4 is 11.4 Å². The average molecular weight is 273 g/mol. The topological polar surface area (TPSA) is 12.0 Å². The summed E-state index contributed by atoms with van der Waals surface area (Å²) in [5, 5.41) is 3.41. The van der Waals surface area contributed by atoms with E-state index in [1.54, 1.807) is 0 Å². The molecule has 0 radical (unpaired) electrons. The highest BCUT2D eigenvalue weighted by Gasteiger charge is 2.07. The highest BCUT2D eigenvalue weighted by atomic mass is 14.9. The molecule has 1 nitrogen and oxygen atoms in total. The molecule has 3 rings (SSSR count). The minimum Gasteiger partial charge on any atom is -0.356 e. The van der Waals surface area contributed by atoms with Gasteiger partial charge in [0.05, 0.1) is 0 Å². The van der Waals surface area contributed by atoms with Crippen LogP contribution in [-0.2, 0) is 0 Å². The first kappa shape index (κ1) is 13.4. The number of benzene rings is 3. The summed E-state index contributed by atoms with van der Waals surface area (Å²) in [6.45, 7) is 2.25. The van der Waals surface area contributed by atoms with Crippen molar-refractivity contribution in [3.63, 3.8) is 0 Å². The predicted octanol–water partition coefficient (Wildman–Crippen LogP) is 5.58. The molecule has 0 aromatic heterocycles. The van der Waals surface area contributed by atoms with Crippen molar-refractivity contribution in [3.05, 3.63) is 96.1 Å².